The van der Waals surface area contributed by atoms with Gasteiger partial charge in [0.15, 0.2) is 0 Å². The fourth-order valence-corrected chi connectivity index (χ4v) is 3.65. The highest BCUT2D eigenvalue weighted by atomic mass is 16.3. The van der Waals surface area contributed by atoms with Gasteiger partial charge in [0.1, 0.15) is 12.0 Å². The molecule has 122 valence electrons. The molecule has 4 rings (SSSR count). The molecule has 1 aliphatic rings. The summed E-state index contributed by atoms with van der Waals surface area (Å²) >= 11 is 0. The normalized spacial score (nSPS) is 21.8. The molecule has 3 aromatic rings. The molecule has 1 unspecified atom stereocenters. The Morgan fingerprint density at radius 2 is 2.33 bits per heavy atom. The molecule has 1 fully saturated rings. The predicted octanol–water partition coefficient (Wildman–Crippen LogP) is 2.44. The van der Waals surface area contributed by atoms with Crippen molar-refractivity contribution in [2.75, 3.05) is 0 Å². The van der Waals surface area contributed by atoms with E-state index >= 15 is 0 Å². The van der Waals surface area contributed by atoms with Gasteiger partial charge in [0.25, 0.3) is 0 Å². The standard InChI is InChI=1S/C17H18N6O/c18-5-3-15(11-1-2-13(24)7-11)23-9-12(8-22-23)16-14-4-6-19-17(14)21-10-20-16/h4,6,8-11,13,15,24H,1-3,7H2,(H,19,20,21)/t11-,13?,15-/m1/s1. The Bertz CT molecular complexity index is 892. The van der Waals surface area contributed by atoms with E-state index in [2.05, 4.69) is 26.1 Å². The molecule has 0 aliphatic heterocycles. The fraction of sp³-hybridized carbons (Fsp3) is 0.412. The zero-order valence-corrected chi connectivity index (χ0v) is 13.1. The number of aliphatic hydroxyl groups is 1. The van der Waals surface area contributed by atoms with E-state index in [1.807, 2.05) is 23.1 Å². The molecule has 2 N–H and O–H groups in total. The minimum atomic E-state index is -0.257. The summed E-state index contributed by atoms with van der Waals surface area (Å²) in [4.78, 5) is 11.7. The highest BCUT2D eigenvalue weighted by molar-refractivity contribution is 5.89. The van der Waals surface area contributed by atoms with Gasteiger partial charge in [0.05, 0.1) is 36.5 Å². The Morgan fingerprint density at radius 1 is 1.42 bits per heavy atom. The number of nitriles is 1. The van der Waals surface area contributed by atoms with Crippen LogP contribution in [0.4, 0.5) is 0 Å². The number of aromatic nitrogens is 5. The van der Waals surface area contributed by atoms with Crippen LogP contribution in [0, 0.1) is 17.2 Å². The van der Waals surface area contributed by atoms with Gasteiger partial charge in [-0.1, -0.05) is 0 Å². The van der Waals surface area contributed by atoms with Crippen LogP contribution in [0.15, 0.2) is 31.0 Å². The summed E-state index contributed by atoms with van der Waals surface area (Å²) < 4.78 is 1.86. The number of hydrogen-bond donors (Lipinski definition) is 2. The molecule has 0 amide bonds. The second kappa shape index (κ2) is 6.06. The van der Waals surface area contributed by atoms with Crippen molar-refractivity contribution in [3.8, 4) is 17.3 Å². The third-order valence-corrected chi connectivity index (χ3v) is 4.86. The summed E-state index contributed by atoms with van der Waals surface area (Å²) in [6.45, 7) is 0. The Morgan fingerprint density at radius 3 is 3.12 bits per heavy atom. The maximum Gasteiger partial charge on any atom is 0.141 e. The van der Waals surface area contributed by atoms with Gasteiger partial charge in [-0.25, -0.2) is 9.97 Å². The number of rotatable bonds is 4. The first-order valence-electron chi connectivity index (χ1n) is 8.14. The van der Waals surface area contributed by atoms with Gasteiger partial charge in [-0.3, -0.25) is 4.68 Å². The molecule has 24 heavy (non-hydrogen) atoms. The average molecular weight is 322 g/mol. The number of aliphatic hydroxyl groups excluding tert-OH is 1. The summed E-state index contributed by atoms with van der Waals surface area (Å²) in [6, 6.07) is 4.20. The van der Waals surface area contributed by atoms with Crippen LogP contribution in [0.25, 0.3) is 22.3 Å². The van der Waals surface area contributed by atoms with E-state index in [0.29, 0.717) is 6.42 Å². The van der Waals surface area contributed by atoms with Crippen molar-refractivity contribution in [2.24, 2.45) is 5.92 Å². The van der Waals surface area contributed by atoms with Crippen molar-refractivity contribution in [3.05, 3.63) is 31.0 Å². The van der Waals surface area contributed by atoms with E-state index in [-0.39, 0.29) is 18.1 Å². The topological polar surface area (TPSA) is 103 Å². The summed E-state index contributed by atoms with van der Waals surface area (Å²) in [5.74, 6) is 0.282. The molecule has 7 heteroatoms. The third-order valence-electron chi connectivity index (χ3n) is 4.86. The zero-order chi connectivity index (χ0) is 16.5. The van der Waals surface area contributed by atoms with E-state index < -0.39 is 0 Å². The molecule has 1 aliphatic carbocycles. The van der Waals surface area contributed by atoms with Crippen LogP contribution in [0.3, 0.4) is 0 Å². The molecule has 0 radical (unpaired) electrons. The van der Waals surface area contributed by atoms with Crippen LogP contribution in [-0.2, 0) is 0 Å². The lowest BCUT2D eigenvalue weighted by atomic mass is 9.96. The highest BCUT2D eigenvalue weighted by Gasteiger charge is 2.31. The lowest BCUT2D eigenvalue weighted by Crippen LogP contribution is -2.18. The molecular formula is C17H18N6O. The number of aromatic amines is 1. The lowest BCUT2D eigenvalue weighted by Gasteiger charge is -2.21. The fourth-order valence-electron chi connectivity index (χ4n) is 3.65. The first kappa shape index (κ1) is 14.8. The number of nitrogens with one attached hydrogen (secondary N) is 1. The first-order chi connectivity index (χ1) is 11.8. The summed E-state index contributed by atoms with van der Waals surface area (Å²) in [7, 11) is 0. The van der Waals surface area contributed by atoms with Crippen LogP contribution >= 0.6 is 0 Å². The maximum absolute atomic E-state index is 9.81. The van der Waals surface area contributed by atoms with Gasteiger partial charge in [0, 0.05) is 23.3 Å². The minimum Gasteiger partial charge on any atom is -0.393 e. The van der Waals surface area contributed by atoms with Crippen molar-refractivity contribution in [3.63, 3.8) is 0 Å². The van der Waals surface area contributed by atoms with Gasteiger partial charge >= 0.3 is 0 Å². The minimum absolute atomic E-state index is 0.00977. The Hall–Kier alpha value is -2.72. The number of H-pyrrole nitrogens is 1. The van der Waals surface area contributed by atoms with Crippen LogP contribution in [-0.4, -0.2) is 35.9 Å². The van der Waals surface area contributed by atoms with Crippen molar-refractivity contribution in [1.29, 1.82) is 5.26 Å². The molecule has 0 saturated heterocycles. The molecular weight excluding hydrogens is 304 g/mol. The molecule has 3 atom stereocenters. The van der Waals surface area contributed by atoms with Crippen LogP contribution in [0.1, 0.15) is 31.7 Å². The molecule has 0 bridgehead atoms. The lowest BCUT2D eigenvalue weighted by molar-refractivity contribution is 0.170. The smallest absolute Gasteiger partial charge is 0.141 e. The van der Waals surface area contributed by atoms with Crippen molar-refractivity contribution in [2.45, 2.75) is 37.8 Å². The van der Waals surface area contributed by atoms with Gasteiger partial charge in [-0.2, -0.15) is 10.4 Å². The van der Waals surface area contributed by atoms with E-state index in [9.17, 15) is 10.4 Å². The van der Waals surface area contributed by atoms with E-state index in [0.717, 1.165) is 41.6 Å². The SMILES string of the molecule is N#CC[C@H]([C@@H]1CCC(O)C1)n1cc(-c2ncnc3[nH]ccc23)cn1. The Kier molecular flexibility index (Phi) is 3.75. The second-order valence-electron chi connectivity index (χ2n) is 6.33. The second-order valence-corrected chi connectivity index (χ2v) is 6.33. The largest absolute Gasteiger partial charge is 0.393 e. The van der Waals surface area contributed by atoms with Crippen molar-refractivity contribution < 1.29 is 5.11 Å². The van der Waals surface area contributed by atoms with Crippen LogP contribution < -0.4 is 0 Å². The molecule has 3 aromatic heterocycles. The zero-order valence-electron chi connectivity index (χ0n) is 13.1. The molecule has 0 aromatic carbocycles. The number of fused-ring (bicyclic) bond motifs is 1. The molecule has 0 spiro atoms. The van der Waals surface area contributed by atoms with Crippen LogP contribution in [0.2, 0.25) is 0 Å². The Balaban J connectivity index is 1.68. The molecule has 1 saturated carbocycles. The van der Waals surface area contributed by atoms with Gasteiger partial charge in [0.2, 0.25) is 0 Å². The van der Waals surface area contributed by atoms with E-state index in [1.54, 1.807) is 6.20 Å². The Labute approximate surface area is 139 Å². The average Bonchev–Trinajstić information content (AvgIpc) is 3.32. The summed E-state index contributed by atoms with van der Waals surface area (Å²) in [5, 5.41) is 24.4. The molecule has 3 heterocycles. The number of nitrogens with zero attached hydrogens (tertiary/aromatic N) is 5. The van der Waals surface area contributed by atoms with Crippen LogP contribution in [0.5, 0.6) is 0 Å². The maximum atomic E-state index is 9.81. The highest BCUT2D eigenvalue weighted by Crippen LogP contribution is 2.36. The van der Waals surface area contributed by atoms with Gasteiger partial charge in [-0.15, -0.1) is 0 Å². The van der Waals surface area contributed by atoms with Crippen molar-refractivity contribution in [1.82, 2.24) is 24.7 Å². The monoisotopic (exact) mass is 322 g/mol. The summed E-state index contributed by atoms with van der Waals surface area (Å²) in [5.41, 5.74) is 2.53. The van der Waals surface area contributed by atoms with Gasteiger partial charge in [-0.05, 0) is 31.2 Å². The van der Waals surface area contributed by atoms with Gasteiger partial charge < -0.3 is 10.1 Å². The predicted molar refractivity (Wildman–Crippen MR) is 87.7 cm³/mol. The molecule has 7 nitrogen and oxygen atoms in total. The quantitative estimate of drug-likeness (QED) is 0.768. The van der Waals surface area contributed by atoms with Crippen molar-refractivity contribution >= 4 is 11.0 Å². The first-order valence-corrected chi connectivity index (χ1v) is 8.14. The number of hydrogen-bond acceptors (Lipinski definition) is 5. The van der Waals surface area contributed by atoms with E-state index in [1.165, 1.54) is 6.33 Å². The third kappa shape index (κ3) is 2.55. The van der Waals surface area contributed by atoms with E-state index in [4.69, 9.17) is 0 Å². The summed E-state index contributed by atoms with van der Waals surface area (Å²) in [6.07, 6.45) is 9.70.